The number of Topliss-reactive ketones (excluding diaryl/α,β-unsaturated/α-hetero) is 2. The number of carbonyl (C=O) groups excluding carboxylic acids is 4. The fraction of sp³-hybridized carbons (Fsp3) is 0.191. The number of aromatic nitrogens is 2. The van der Waals surface area contributed by atoms with E-state index in [1.54, 1.807) is 13.8 Å². The number of allylic oxidation sites excluding steroid dienone is 2. The van der Waals surface area contributed by atoms with Crippen LogP contribution in [-0.2, 0) is 30.3 Å². The van der Waals surface area contributed by atoms with Gasteiger partial charge in [0.15, 0.2) is 22.8 Å². The summed E-state index contributed by atoms with van der Waals surface area (Å²) in [4.78, 5) is 66.2. The molecule has 0 aliphatic heterocycles. The number of rotatable bonds is 6. The molecule has 0 radical (unpaired) electrons. The molecule has 0 bridgehead atoms. The average molecular weight is 723 g/mol. The third-order valence-electron chi connectivity index (χ3n) is 11.5. The highest BCUT2D eigenvalue weighted by Crippen LogP contribution is 2.62. The monoisotopic (exact) mass is 722 g/mol. The third-order valence-corrected chi connectivity index (χ3v) is 11.5. The Morgan fingerprint density at radius 3 is 1.45 bits per heavy atom. The SMILES string of the molecule is CCC(=O)OC1(CC2(OC(=O)CC)c3cc4ccccc4nc3-c3c2ccc2c3C(=O)CC=C2)c2cc3ccccc3nc2-c2c1ccc1c2C(=O)CC=C1. The van der Waals surface area contributed by atoms with Crippen molar-refractivity contribution >= 4 is 57.5 Å². The maximum Gasteiger partial charge on any atom is 0.306 e. The summed E-state index contributed by atoms with van der Waals surface area (Å²) in [7, 11) is 0. The van der Waals surface area contributed by atoms with Crippen molar-refractivity contribution in [3.63, 3.8) is 0 Å². The van der Waals surface area contributed by atoms with Gasteiger partial charge in [0, 0.05) is 87.4 Å². The summed E-state index contributed by atoms with van der Waals surface area (Å²) in [5.74, 6) is -1.08. The summed E-state index contributed by atoms with van der Waals surface area (Å²) >= 11 is 0. The Morgan fingerprint density at radius 1 is 0.582 bits per heavy atom. The number of esters is 2. The van der Waals surface area contributed by atoms with Gasteiger partial charge >= 0.3 is 11.9 Å². The van der Waals surface area contributed by atoms with Crippen LogP contribution in [0.2, 0.25) is 0 Å². The average Bonchev–Trinajstić information content (AvgIpc) is 3.61. The van der Waals surface area contributed by atoms with Gasteiger partial charge in [0.2, 0.25) is 0 Å². The van der Waals surface area contributed by atoms with Crippen molar-refractivity contribution in [2.75, 3.05) is 0 Å². The Balaban J connectivity index is 1.35. The van der Waals surface area contributed by atoms with Crippen LogP contribution in [0.3, 0.4) is 0 Å². The molecule has 2 heterocycles. The summed E-state index contributed by atoms with van der Waals surface area (Å²) in [6.45, 7) is 3.47. The molecule has 0 saturated carbocycles. The van der Waals surface area contributed by atoms with E-state index in [4.69, 9.17) is 19.4 Å². The number of ketones is 2. The Labute approximate surface area is 316 Å². The van der Waals surface area contributed by atoms with Crippen LogP contribution in [0, 0.1) is 0 Å². The van der Waals surface area contributed by atoms with Crippen molar-refractivity contribution in [3.05, 3.63) is 142 Å². The number of nitrogens with zero attached hydrogens (tertiary/aromatic N) is 2. The first-order valence-electron chi connectivity index (χ1n) is 18.8. The standard InChI is InChI=1S/C47H34N2O6/c1-3-38(52)54-46(30-21-19-26-13-9-17-36(50)40(26)42(30)44-32(46)23-28-11-5-7-15-34(28)48-44)25-47(55-39(53)4-2)31-22-20-27-14-10-18-37(51)41(27)43(31)45-33(47)24-29-12-6-8-16-35(29)49-45/h5-16,19-24H,3-4,17-18,25H2,1-2H3. The van der Waals surface area contributed by atoms with E-state index < -0.39 is 23.1 Å². The predicted octanol–water partition coefficient (Wildman–Crippen LogP) is 9.43. The molecule has 8 heteroatoms. The normalized spacial score (nSPS) is 19.7. The molecule has 10 rings (SSSR count). The van der Waals surface area contributed by atoms with Crippen molar-refractivity contribution in [2.45, 2.75) is 57.2 Å². The summed E-state index contributed by atoms with van der Waals surface area (Å²) in [5.41, 5.74) is 5.41. The van der Waals surface area contributed by atoms with Crippen LogP contribution in [0.1, 0.15) is 100 Å². The molecule has 55 heavy (non-hydrogen) atoms. The van der Waals surface area contributed by atoms with Gasteiger partial charge in [0.25, 0.3) is 0 Å². The van der Waals surface area contributed by atoms with Crippen LogP contribution in [-0.4, -0.2) is 33.5 Å². The largest absolute Gasteiger partial charge is 0.449 e. The number of carbonyl (C=O) groups is 4. The molecule has 0 fully saturated rings. The highest BCUT2D eigenvalue weighted by Gasteiger charge is 2.59. The molecule has 4 aliphatic rings. The first-order chi connectivity index (χ1) is 26.8. The maximum absolute atomic E-state index is 14.0. The molecule has 4 aromatic carbocycles. The Kier molecular flexibility index (Phi) is 7.20. The third kappa shape index (κ3) is 4.64. The van der Waals surface area contributed by atoms with Crippen LogP contribution in [0.15, 0.2) is 97.1 Å². The molecule has 0 amide bonds. The van der Waals surface area contributed by atoms with Gasteiger partial charge < -0.3 is 9.47 Å². The zero-order chi connectivity index (χ0) is 37.6. The molecule has 4 aliphatic carbocycles. The lowest BCUT2D eigenvalue weighted by Gasteiger charge is -2.41. The fourth-order valence-corrected chi connectivity index (χ4v) is 9.15. The first kappa shape index (κ1) is 33.1. The predicted molar refractivity (Wildman–Crippen MR) is 209 cm³/mol. The van der Waals surface area contributed by atoms with E-state index in [-0.39, 0.29) is 43.7 Å². The van der Waals surface area contributed by atoms with E-state index >= 15 is 0 Å². The highest BCUT2D eigenvalue weighted by molar-refractivity contribution is 6.12. The lowest BCUT2D eigenvalue weighted by atomic mass is 9.74. The number of fused-ring (bicyclic) bond motifs is 12. The quantitative estimate of drug-likeness (QED) is 0.156. The van der Waals surface area contributed by atoms with Crippen molar-refractivity contribution in [1.29, 1.82) is 0 Å². The van der Waals surface area contributed by atoms with Crippen molar-refractivity contribution in [1.82, 2.24) is 9.97 Å². The van der Waals surface area contributed by atoms with Crippen LogP contribution in [0.5, 0.6) is 0 Å². The lowest BCUT2D eigenvalue weighted by molar-refractivity contribution is -0.170. The molecule has 2 aromatic heterocycles. The maximum atomic E-state index is 14.0. The number of benzene rings is 4. The molecule has 0 saturated heterocycles. The summed E-state index contributed by atoms with van der Waals surface area (Å²) in [5, 5.41) is 1.63. The lowest BCUT2D eigenvalue weighted by Crippen LogP contribution is -2.43. The van der Waals surface area contributed by atoms with Gasteiger partial charge in [-0.3, -0.25) is 19.2 Å². The fourth-order valence-electron chi connectivity index (χ4n) is 9.15. The first-order valence-corrected chi connectivity index (χ1v) is 18.8. The summed E-state index contributed by atoms with van der Waals surface area (Å²) in [6, 6.07) is 27.0. The van der Waals surface area contributed by atoms with Gasteiger partial charge in [-0.1, -0.05) is 98.8 Å². The minimum absolute atomic E-state index is 0.0644. The second kappa shape index (κ2) is 12.0. The minimum Gasteiger partial charge on any atom is -0.449 e. The Morgan fingerprint density at radius 2 is 1.02 bits per heavy atom. The smallest absolute Gasteiger partial charge is 0.306 e. The van der Waals surface area contributed by atoms with Crippen molar-refractivity contribution < 1.29 is 28.7 Å². The zero-order valence-corrected chi connectivity index (χ0v) is 30.3. The van der Waals surface area contributed by atoms with Crippen molar-refractivity contribution in [3.8, 4) is 22.5 Å². The highest BCUT2D eigenvalue weighted by atomic mass is 16.6. The Bertz CT molecular complexity index is 2620. The molecule has 0 N–H and O–H groups in total. The Hall–Kier alpha value is -6.54. The van der Waals surface area contributed by atoms with Crippen LogP contribution in [0.25, 0.3) is 56.5 Å². The number of pyridine rings is 2. The van der Waals surface area contributed by atoms with Crippen molar-refractivity contribution in [2.24, 2.45) is 0 Å². The molecule has 8 nitrogen and oxygen atoms in total. The van der Waals surface area contributed by atoms with Gasteiger partial charge in [-0.15, -0.1) is 0 Å². The van der Waals surface area contributed by atoms with E-state index in [0.717, 1.165) is 32.9 Å². The van der Waals surface area contributed by atoms with Crippen LogP contribution >= 0.6 is 0 Å². The van der Waals surface area contributed by atoms with Gasteiger partial charge in [0.05, 0.1) is 22.4 Å². The molecule has 2 unspecified atom stereocenters. The topological polar surface area (TPSA) is 113 Å². The number of ether oxygens (including phenoxy) is 2. The van der Waals surface area contributed by atoms with Gasteiger partial charge in [-0.25, -0.2) is 9.97 Å². The van der Waals surface area contributed by atoms with Crippen LogP contribution < -0.4 is 0 Å². The number of para-hydroxylation sites is 2. The van der Waals surface area contributed by atoms with Gasteiger partial charge in [0.1, 0.15) is 0 Å². The molecule has 6 aromatic rings. The molecule has 0 spiro atoms. The summed E-state index contributed by atoms with van der Waals surface area (Å²) < 4.78 is 13.7. The minimum atomic E-state index is -1.61. The molecular weight excluding hydrogens is 689 g/mol. The van der Waals surface area contributed by atoms with E-state index in [2.05, 4.69) is 0 Å². The van der Waals surface area contributed by atoms with Gasteiger partial charge in [-0.05, 0) is 35.4 Å². The van der Waals surface area contributed by atoms with E-state index in [0.29, 0.717) is 55.9 Å². The van der Waals surface area contributed by atoms with E-state index in [1.807, 2.05) is 109 Å². The zero-order valence-electron chi connectivity index (χ0n) is 30.3. The van der Waals surface area contributed by atoms with Crippen LogP contribution in [0.4, 0.5) is 0 Å². The second-order valence-corrected chi connectivity index (χ2v) is 14.6. The number of hydrogen-bond acceptors (Lipinski definition) is 8. The second-order valence-electron chi connectivity index (χ2n) is 14.6. The molecule has 2 atom stereocenters. The van der Waals surface area contributed by atoms with E-state index in [1.165, 1.54) is 0 Å². The van der Waals surface area contributed by atoms with Gasteiger partial charge in [-0.2, -0.15) is 0 Å². The number of hydrogen-bond donors (Lipinski definition) is 0. The molecule has 268 valence electrons. The molecular formula is C47H34N2O6. The van der Waals surface area contributed by atoms with E-state index in [9.17, 15) is 19.2 Å². The summed E-state index contributed by atoms with van der Waals surface area (Å²) in [6.07, 6.45) is 8.05.